The molecule has 0 radical (unpaired) electrons. The van der Waals surface area contributed by atoms with Gasteiger partial charge in [0.15, 0.2) is 0 Å². The van der Waals surface area contributed by atoms with E-state index < -0.39 is 0 Å². The van der Waals surface area contributed by atoms with Crippen molar-refractivity contribution in [2.24, 2.45) is 0 Å². The van der Waals surface area contributed by atoms with Crippen LogP contribution in [0.3, 0.4) is 0 Å². The van der Waals surface area contributed by atoms with Gasteiger partial charge in [0.05, 0.1) is 20.3 Å². The molecule has 1 fully saturated rings. The van der Waals surface area contributed by atoms with Crippen molar-refractivity contribution < 1.29 is 14.3 Å². The maximum atomic E-state index is 11.8. The number of nitrogens with one attached hydrogen (secondary N) is 2. The molecule has 1 amide bonds. The van der Waals surface area contributed by atoms with Gasteiger partial charge in [-0.15, -0.1) is 0 Å². The standard InChI is InChI=1S/C12H17N3O3/c1-17-11-6-9(2-3-14-11)7-15-12(16)10-8-18-5-4-13-10/h2-3,6,10,13H,4-5,7-8H2,1H3,(H,15,16). The second-order valence-corrected chi connectivity index (χ2v) is 4.01. The zero-order valence-corrected chi connectivity index (χ0v) is 10.3. The highest BCUT2D eigenvalue weighted by Crippen LogP contribution is 2.08. The van der Waals surface area contributed by atoms with Crippen molar-refractivity contribution in [2.45, 2.75) is 12.6 Å². The monoisotopic (exact) mass is 251 g/mol. The van der Waals surface area contributed by atoms with Gasteiger partial charge in [-0.05, 0) is 11.6 Å². The minimum Gasteiger partial charge on any atom is -0.481 e. The molecule has 1 atom stereocenters. The highest BCUT2D eigenvalue weighted by Gasteiger charge is 2.20. The van der Waals surface area contributed by atoms with E-state index in [-0.39, 0.29) is 11.9 Å². The predicted octanol–water partition coefficient (Wildman–Crippen LogP) is -0.305. The Morgan fingerprint density at radius 1 is 1.72 bits per heavy atom. The van der Waals surface area contributed by atoms with E-state index in [0.29, 0.717) is 32.2 Å². The number of amides is 1. The Bertz CT molecular complexity index is 405. The van der Waals surface area contributed by atoms with E-state index in [4.69, 9.17) is 9.47 Å². The number of aromatic nitrogens is 1. The summed E-state index contributed by atoms with van der Waals surface area (Å²) in [4.78, 5) is 15.8. The Hall–Kier alpha value is -1.66. The van der Waals surface area contributed by atoms with E-state index in [1.54, 1.807) is 19.4 Å². The lowest BCUT2D eigenvalue weighted by Gasteiger charge is -2.22. The van der Waals surface area contributed by atoms with Crippen molar-refractivity contribution in [1.29, 1.82) is 0 Å². The molecule has 2 rings (SSSR count). The van der Waals surface area contributed by atoms with Gasteiger partial charge in [0.2, 0.25) is 11.8 Å². The lowest BCUT2D eigenvalue weighted by Crippen LogP contribution is -2.51. The highest BCUT2D eigenvalue weighted by atomic mass is 16.5. The molecule has 18 heavy (non-hydrogen) atoms. The minimum atomic E-state index is -0.262. The normalized spacial score (nSPS) is 19.3. The molecule has 6 heteroatoms. The molecule has 1 aromatic rings. The first-order valence-corrected chi connectivity index (χ1v) is 5.87. The van der Waals surface area contributed by atoms with Crippen LogP contribution in [0.1, 0.15) is 5.56 Å². The fourth-order valence-electron chi connectivity index (χ4n) is 1.72. The third-order valence-electron chi connectivity index (χ3n) is 2.71. The van der Waals surface area contributed by atoms with Crippen LogP contribution < -0.4 is 15.4 Å². The molecule has 1 aliphatic rings. The van der Waals surface area contributed by atoms with Gasteiger partial charge < -0.3 is 20.1 Å². The van der Waals surface area contributed by atoms with Crippen LogP contribution in [0.4, 0.5) is 0 Å². The number of morpholine rings is 1. The lowest BCUT2D eigenvalue weighted by molar-refractivity contribution is -0.126. The van der Waals surface area contributed by atoms with E-state index >= 15 is 0 Å². The van der Waals surface area contributed by atoms with Crippen LogP contribution in [0.15, 0.2) is 18.3 Å². The number of hydrogen-bond donors (Lipinski definition) is 2. The number of carbonyl (C=O) groups excluding carboxylic acids is 1. The van der Waals surface area contributed by atoms with Gasteiger partial charge in [-0.1, -0.05) is 0 Å². The van der Waals surface area contributed by atoms with Crippen molar-refractivity contribution in [1.82, 2.24) is 15.6 Å². The fourth-order valence-corrected chi connectivity index (χ4v) is 1.72. The molecule has 0 aliphatic carbocycles. The molecule has 98 valence electrons. The fraction of sp³-hybridized carbons (Fsp3) is 0.500. The second kappa shape index (κ2) is 6.32. The van der Waals surface area contributed by atoms with E-state index in [2.05, 4.69) is 15.6 Å². The molecular weight excluding hydrogens is 234 g/mol. The Kier molecular flexibility index (Phi) is 4.49. The average Bonchev–Trinajstić information content (AvgIpc) is 2.46. The Morgan fingerprint density at radius 2 is 2.61 bits per heavy atom. The lowest BCUT2D eigenvalue weighted by atomic mass is 10.2. The number of carbonyl (C=O) groups is 1. The van der Waals surface area contributed by atoms with Gasteiger partial charge in [-0.2, -0.15) is 0 Å². The van der Waals surface area contributed by atoms with Crippen LogP contribution in [0.25, 0.3) is 0 Å². The summed E-state index contributed by atoms with van der Waals surface area (Å²) in [5.41, 5.74) is 0.951. The summed E-state index contributed by atoms with van der Waals surface area (Å²) in [5, 5.41) is 5.96. The molecule has 1 aliphatic heterocycles. The van der Waals surface area contributed by atoms with Gasteiger partial charge in [-0.25, -0.2) is 4.98 Å². The van der Waals surface area contributed by atoms with Crippen molar-refractivity contribution in [3.05, 3.63) is 23.9 Å². The van der Waals surface area contributed by atoms with Crippen molar-refractivity contribution in [2.75, 3.05) is 26.9 Å². The first kappa shape index (κ1) is 12.8. The molecule has 0 bridgehead atoms. The number of nitrogens with zero attached hydrogens (tertiary/aromatic N) is 1. The van der Waals surface area contributed by atoms with Gasteiger partial charge in [0, 0.05) is 25.4 Å². The number of pyridine rings is 1. The molecule has 0 aromatic carbocycles. The molecule has 2 N–H and O–H groups in total. The maximum Gasteiger partial charge on any atom is 0.239 e. The molecule has 1 saturated heterocycles. The third kappa shape index (κ3) is 3.41. The van der Waals surface area contributed by atoms with Gasteiger partial charge in [0.25, 0.3) is 0 Å². The summed E-state index contributed by atoms with van der Waals surface area (Å²) in [7, 11) is 1.56. The molecule has 6 nitrogen and oxygen atoms in total. The second-order valence-electron chi connectivity index (χ2n) is 4.01. The third-order valence-corrected chi connectivity index (χ3v) is 2.71. The molecule has 1 aromatic heterocycles. The SMILES string of the molecule is COc1cc(CNC(=O)C2COCCN2)ccn1. The van der Waals surface area contributed by atoms with Gasteiger partial charge >= 0.3 is 0 Å². The average molecular weight is 251 g/mol. The summed E-state index contributed by atoms with van der Waals surface area (Å²) in [6.07, 6.45) is 1.66. The van der Waals surface area contributed by atoms with Crippen molar-refractivity contribution in [3.63, 3.8) is 0 Å². The summed E-state index contributed by atoms with van der Waals surface area (Å²) in [5.74, 6) is 0.492. The quantitative estimate of drug-likeness (QED) is 0.768. The van der Waals surface area contributed by atoms with E-state index in [1.165, 1.54) is 0 Å². The van der Waals surface area contributed by atoms with Crippen LogP contribution >= 0.6 is 0 Å². The van der Waals surface area contributed by atoms with E-state index in [1.807, 2.05) is 6.07 Å². The van der Waals surface area contributed by atoms with Crippen LogP contribution in [0, 0.1) is 0 Å². The number of rotatable bonds is 4. The Labute approximate surface area is 106 Å². The largest absolute Gasteiger partial charge is 0.481 e. The van der Waals surface area contributed by atoms with Gasteiger partial charge in [0.1, 0.15) is 6.04 Å². The summed E-state index contributed by atoms with van der Waals surface area (Å²) >= 11 is 0. The predicted molar refractivity (Wildman–Crippen MR) is 65.2 cm³/mol. The van der Waals surface area contributed by atoms with Crippen LogP contribution in [0.5, 0.6) is 5.88 Å². The highest BCUT2D eigenvalue weighted by molar-refractivity contribution is 5.81. The van der Waals surface area contributed by atoms with Crippen molar-refractivity contribution >= 4 is 5.91 Å². The molecular formula is C12H17N3O3. The summed E-state index contributed by atoms with van der Waals surface area (Å²) in [6.45, 7) is 2.24. The molecule has 0 spiro atoms. The van der Waals surface area contributed by atoms with E-state index in [0.717, 1.165) is 5.56 Å². The first-order chi connectivity index (χ1) is 8.79. The molecule has 0 saturated carbocycles. The number of hydrogen-bond acceptors (Lipinski definition) is 5. The number of methoxy groups -OCH3 is 1. The molecule has 1 unspecified atom stereocenters. The van der Waals surface area contributed by atoms with Gasteiger partial charge in [-0.3, -0.25) is 4.79 Å². The first-order valence-electron chi connectivity index (χ1n) is 5.87. The smallest absolute Gasteiger partial charge is 0.239 e. The van der Waals surface area contributed by atoms with E-state index in [9.17, 15) is 4.79 Å². The number of ether oxygens (including phenoxy) is 2. The molecule has 2 heterocycles. The van der Waals surface area contributed by atoms with Crippen LogP contribution in [-0.2, 0) is 16.1 Å². The Morgan fingerprint density at radius 3 is 3.33 bits per heavy atom. The zero-order chi connectivity index (χ0) is 12.8. The van der Waals surface area contributed by atoms with Crippen LogP contribution in [-0.4, -0.2) is 43.8 Å². The minimum absolute atomic E-state index is 0.0505. The zero-order valence-electron chi connectivity index (χ0n) is 10.3. The summed E-state index contributed by atoms with van der Waals surface area (Å²) in [6, 6.07) is 3.38. The Balaban J connectivity index is 1.84. The van der Waals surface area contributed by atoms with Crippen molar-refractivity contribution in [3.8, 4) is 5.88 Å². The summed E-state index contributed by atoms with van der Waals surface area (Å²) < 4.78 is 10.3. The van der Waals surface area contributed by atoms with Crippen LogP contribution in [0.2, 0.25) is 0 Å². The topological polar surface area (TPSA) is 72.5 Å². The maximum absolute atomic E-state index is 11.8.